The molecule has 0 bridgehead atoms. The van der Waals surface area contributed by atoms with Crippen LogP contribution in [0.1, 0.15) is 6.92 Å². The van der Waals surface area contributed by atoms with E-state index in [0.717, 1.165) is 18.2 Å². The Hall–Kier alpha value is -3.51. The van der Waals surface area contributed by atoms with Crippen molar-refractivity contribution >= 4 is 11.0 Å². The maximum Gasteiger partial charge on any atom is 0.238 e. The third kappa shape index (κ3) is 3.56. The van der Waals surface area contributed by atoms with Gasteiger partial charge in [-0.15, -0.1) is 0 Å². The van der Waals surface area contributed by atoms with Crippen LogP contribution in [0.3, 0.4) is 0 Å². The van der Waals surface area contributed by atoms with Crippen molar-refractivity contribution in [3.05, 3.63) is 40.6 Å². The van der Waals surface area contributed by atoms with Crippen LogP contribution in [0.5, 0.6) is 28.7 Å². The maximum absolute atomic E-state index is 12.5. The summed E-state index contributed by atoms with van der Waals surface area (Å²) in [6.07, 6.45) is -6.68. The molecule has 1 aliphatic rings. The summed E-state index contributed by atoms with van der Waals surface area (Å²) in [5.74, 6) is -2.75. The van der Waals surface area contributed by atoms with E-state index in [1.165, 1.54) is 19.1 Å². The van der Waals surface area contributed by atoms with Gasteiger partial charge >= 0.3 is 0 Å². The second kappa shape index (κ2) is 7.88. The molecule has 0 saturated carbocycles. The first-order chi connectivity index (χ1) is 15.1. The van der Waals surface area contributed by atoms with E-state index in [0.29, 0.717) is 0 Å². The lowest BCUT2D eigenvalue weighted by Crippen LogP contribution is -2.58. The molecule has 0 spiro atoms. The summed E-state index contributed by atoms with van der Waals surface area (Å²) < 4.78 is 16.2. The molecule has 1 aromatic heterocycles. The fourth-order valence-electron chi connectivity index (χ4n) is 3.46. The van der Waals surface area contributed by atoms with Gasteiger partial charge in [-0.05, 0) is 25.1 Å². The maximum atomic E-state index is 12.5. The Bertz CT molecular complexity index is 1230. The average Bonchev–Trinajstić information content (AvgIpc) is 2.73. The number of phenols is 3. The van der Waals surface area contributed by atoms with Gasteiger partial charge in [-0.1, -0.05) is 0 Å². The van der Waals surface area contributed by atoms with Crippen LogP contribution < -0.4 is 10.2 Å². The Balaban J connectivity index is 1.69. The molecule has 2 heterocycles. The summed E-state index contributed by atoms with van der Waals surface area (Å²) in [5.41, 5.74) is -1.08. The molecule has 11 heteroatoms. The first-order valence-corrected chi connectivity index (χ1v) is 9.50. The summed E-state index contributed by atoms with van der Waals surface area (Å²) in [7, 11) is 0. The predicted molar refractivity (Wildman–Crippen MR) is 108 cm³/mol. The second-order valence-corrected chi connectivity index (χ2v) is 7.43. The monoisotopic (exact) mass is 448 g/mol. The number of aliphatic hydroxyl groups is 3. The van der Waals surface area contributed by atoms with E-state index in [9.17, 15) is 40.5 Å². The summed E-state index contributed by atoms with van der Waals surface area (Å²) in [6, 6.07) is 5.68. The van der Waals surface area contributed by atoms with Crippen molar-refractivity contribution in [1.29, 1.82) is 0 Å². The van der Waals surface area contributed by atoms with Gasteiger partial charge in [0.15, 0.2) is 17.3 Å². The molecule has 5 atom stereocenters. The lowest BCUT2D eigenvalue weighted by atomic mass is 10.00. The minimum atomic E-state index is -1.59. The third-order valence-corrected chi connectivity index (χ3v) is 5.21. The Morgan fingerprint density at radius 3 is 2.31 bits per heavy atom. The Kier molecular flexibility index (Phi) is 5.34. The normalized spacial score (nSPS) is 25.7. The highest BCUT2D eigenvalue weighted by Gasteiger charge is 2.43. The predicted octanol–water partition coefficient (Wildman–Crippen LogP) is 0.489. The van der Waals surface area contributed by atoms with Gasteiger partial charge < -0.3 is 49.6 Å². The Morgan fingerprint density at radius 2 is 1.62 bits per heavy atom. The van der Waals surface area contributed by atoms with Crippen LogP contribution in [0.2, 0.25) is 0 Å². The lowest BCUT2D eigenvalue weighted by Gasteiger charge is -2.38. The minimum absolute atomic E-state index is 0.0584. The quantitative estimate of drug-likeness (QED) is 0.295. The number of rotatable bonds is 3. The van der Waals surface area contributed by atoms with Crippen LogP contribution >= 0.6 is 0 Å². The van der Waals surface area contributed by atoms with Crippen molar-refractivity contribution in [2.45, 2.75) is 37.6 Å². The highest BCUT2D eigenvalue weighted by molar-refractivity contribution is 5.88. The van der Waals surface area contributed by atoms with Crippen molar-refractivity contribution in [3.8, 4) is 40.1 Å². The number of aliphatic hydroxyl groups excluding tert-OH is 3. The molecule has 32 heavy (non-hydrogen) atoms. The van der Waals surface area contributed by atoms with E-state index in [1.54, 1.807) is 0 Å². The van der Waals surface area contributed by atoms with Crippen LogP contribution in [0.15, 0.2) is 39.5 Å². The average molecular weight is 448 g/mol. The molecule has 1 saturated heterocycles. The zero-order valence-corrected chi connectivity index (χ0v) is 16.5. The molecule has 11 nitrogen and oxygen atoms in total. The Morgan fingerprint density at radius 1 is 0.906 bits per heavy atom. The van der Waals surface area contributed by atoms with Gasteiger partial charge in [0.05, 0.1) is 6.10 Å². The van der Waals surface area contributed by atoms with Crippen molar-refractivity contribution in [3.63, 3.8) is 0 Å². The summed E-state index contributed by atoms with van der Waals surface area (Å²) in [4.78, 5) is 12.5. The van der Waals surface area contributed by atoms with Gasteiger partial charge in [-0.2, -0.15) is 0 Å². The first kappa shape index (κ1) is 21.7. The molecule has 7 N–H and O–H groups in total. The summed E-state index contributed by atoms with van der Waals surface area (Å²) >= 11 is 0. The molecule has 1 fully saturated rings. The van der Waals surface area contributed by atoms with Gasteiger partial charge in [-0.3, -0.25) is 4.79 Å². The van der Waals surface area contributed by atoms with E-state index in [-0.39, 0.29) is 33.8 Å². The van der Waals surface area contributed by atoms with Crippen molar-refractivity contribution in [2.75, 3.05) is 0 Å². The lowest BCUT2D eigenvalue weighted by molar-refractivity contribution is -0.268. The third-order valence-electron chi connectivity index (χ3n) is 5.21. The summed E-state index contributed by atoms with van der Waals surface area (Å²) in [6.45, 7) is 1.47. The molecule has 3 aromatic rings. The van der Waals surface area contributed by atoms with Crippen LogP contribution in [-0.2, 0) is 4.74 Å². The number of hydrogen-bond acceptors (Lipinski definition) is 11. The topological polar surface area (TPSA) is 190 Å². The van der Waals surface area contributed by atoms with Crippen LogP contribution in [0.4, 0.5) is 0 Å². The molecule has 0 unspecified atom stereocenters. The second-order valence-electron chi connectivity index (χ2n) is 7.43. The number of ether oxygens (including phenoxy) is 2. The van der Waals surface area contributed by atoms with Crippen LogP contribution in [0, 0.1) is 0 Å². The zero-order valence-electron chi connectivity index (χ0n) is 16.5. The van der Waals surface area contributed by atoms with Gasteiger partial charge in [0.25, 0.3) is 0 Å². The molecule has 4 rings (SSSR count). The number of phenolic OH excluding ortho intramolecular Hbond substituents is 3. The fourth-order valence-corrected chi connectivity index (χ4v) is 3.46. The highest BCUT2D eigenvalue weighted by atomic mass is 16.7. The standard InChI is InChI=1S/C21H20O11/c1-7-15(25)17(27)19(29)21(30-7)32-12-3-2-8(4-10(12)23)20-18(28)16(26)14-11(24)5-9(22)6-13(14)31-20/h2-7,15,17,19,21-25,27-29H,1H3/t7-,15-,17+,19+,21-/m0/s1. The fraction of sp³-hybridized carbons (Fsp3) is 0.286. The smallest absolute Gasteiger partial charge is 0.238 e. The van der Waals surface area contributed by atoms with Crippen molar-refractivity contribution in [2.24, 2.45) is 0 Å². The minimum Gasteiger partial charge on any atom is -0.508 e. The van der Waals surface area contributed by atoms with Gasteiger partial charge in [0.2, 0.25) is 17.5 Å². The SMILES string of the molecule is C[C@@H]1O[C@@H](Oc2ccc(-c3oc4cc(O)cc(O)c4c(=O)c3O)cc2O)[C@H](O)[C@H](O)[C@H]1O. The van der Waals surface area contributed by atoms with E-state index in [1.807, 2.05) is 0 Å². The van der Waals surface area contributed by atoms with E-state index in [4.69, 9.17) is 13.9 Å². The molecule has 170 valence electrons. The van der Waals surface area contributed by atoms with Crippen LogP contribution in [-0.4, -0.2) is 66.5 Å². The number of fused-ring (bicyclic) bond motifs is 1. The van der Waals surface area contributed by atoms with Crippen LogP contribution in [0.25, 0.3) is 22.3 Å². The first-order valence-electron chi connectivity index (χ1n) is 9.50. The van der Waals surface area contributed by atoms with E-state index >= 15 is 0 Å². The van der Waals surface area contributed by atoms with E-state index in [2.05, 4.69) is 0 Å². The highest BCUT2D eigenvalue weighted by Crippen LogP contribution is 2.39. The molecule has 0 radical (unpaired) electrons. The molecule has 0 amide bonds. The molecular formula is C21H20O11. The van der Waals surface area contributed by atoms with Gasteiger partial charge in [0, 0.05) is 17.7 Å². The van der Waals surface area contributed by atoms with Crippen molar-refractivity contribution < 1.29 is 49.6 Å². The molecular weight excluding hydrogens is 428 g/mol. The van der Waals surface area contributed by atoms with E-state index < -0.39 is 53.4 Å². The molecule has 0 aliphatic carbocycles. The Labute approximate surface area is 179 Å². The zero-order chi connectivity index (χ0) is 23.3. The molecule has 1 aliphatic heterocycles. The number of hydrogen-bond donors (Lipinski definition) is 7. The number of benzene rings is 2. The molecule has 2 aromatic carbocycles. The summed E-state index contributed by atoms with van der Waals surface area (Å²) in [5, 5.41) is 69.5. The largest absolute Gasteiger partial charge is 0.508 e. The van der Waals surface area contributed by atoms with Gasteiger partial charge in [-0.25, -0.2) is 0 Å². The number of aromatic hydroxyl groups is 4. The van der Waals surface area contributed by atoms with Gasteiger partial charge in [0.1, 0.15) is 40.8 Å². The van der Waals surface area contributed by atoms with Crippen molar-refractivity contribution in [1.82, 2.24) is 0 Å².